The van der Waals surface area contributed by atoms with Crippen molar-refractivity contribution in [3.05, 3.63) is 76.5 Å². The molecular formula is C37H45ClF2N8O5. The van der Waals surface area contributed by atoms with Crippen LogP contribution in [0.3, 0.4) is 0 Å². The third kappa shape index (κ3) is 9.27. The zero-order chi connectivity index (χ0) is 38.4. The number of halogens is 3. The largest absolute Gasteiger partial charge is 0.392 e. The molecule has 2 N–H and O–H groups in total. The molecule has 3 amide bonds. The number of nitrogens with zero attached hydrogens (tertiary/aromatic N) is 7. The van der Waals surface area contributed by atoms with E-state index in [4.69, 9.17) is 16.3 Å². The molecule has 0 saturated carbocycles. The zero-order valence-electron chi connectivity index (χ0n) is 30.5. The van der Waals surface area contributed by atoms with Crippen molar-refractivity contribution in [2.75, 3.05) is 65.9 Å². The molecule has 1 saturated heterocycles. The lowest BCUT2D eigenvalue weighted by Gasteiger charge is -2.35. The summed E-state index contributed by atoms with van der Waals surface area (Å²) < 4.78 is 39.2. The first-order valence-corrected chi connectivity index (χ1v) is 17.7. The monoisotopic (exact) mass is 754 g/mol. The Hall–Kier alpha value is -4.70. The molecule has 0 bridgehead atoms. The molecule has 2 aromatic carbocycles. The fraction of sp³-hybridized carbons (Fsp3) is 0.432. The number of aryl methyl sites for hydroxylation is 2. The molecule has 0 radical (unpaired) electrons. The summed E-state index contributed by atoms with van der Waals surface area (Å²) >= 11 is 6.50. The number of anilines is 1. The highest BCUT2D eigenvalue weighted by Gasteiger charge is 2.27. The molecule has 1 fully saturated rings. The molecule has 1 atom stereocenters. The van der Waals surface area contributed by atoms with Crippen LogP contribution in [0.5, 0.6) is 0 Å². The number of methoxy groups -OCH3 is 1. The SMILES string of the molecule is COCCCn1cc(-c2ccc(-c3cnc(C(=O)Nc4ccc(C(=O)N5CCN(C(=O)CCC(O)CN(C)C)CC5)c(Cl)c4)n3C)c(F)c2F)c(C)n1. The predicted octanol–water partition coefficient (Wildman–Crippen LogP) is 4.47. The molecule has 53 heavy (non-hydrogen) atoms. The number of hydrogen-bond donors (Lipinski definition) is 2. The number of piperazine rings is 1. The topological polar surface area (TPSA) is 138 Å². The standard InChI is InChI=1S/C37H45ClF2N8O5/c1-23-29(22-48(43-23)13-6-18-53-5)26-10-11-28(34(40)33(26)39)31-20-41-35(45(31)4)36(51)42-24-7-9-27(30(38)19-24)37(52)47-16-14-46(15-17-47)32(50)12-8-25(49)21-44(2)3/h7,9-11,19-20,22,25,49H,6,8,12-18,21H2,1-5H3,(H,42,51). The summed E-state index contributed by atoms with van der Waals surface area (Å²) in [5, 5.41) is 17.3. The lowest BCUT2D eigenvalue weighted by atomic mass is 10.0. The maximum Gasteiger partial charge on any atom is 0.291 e. The molecule has 13 nitrogen and oxygen atoms in total. The Labute approximate surface area is 312 Å². The fourth-order valence-electron chi connectivity index (χ4n) is 6.34. The van der Waals surface area contributed by atoms with Gasteiger partial charge in [-0.15, -0.1) is 0 Å². The number of nitrogens with one attached hydrogen (secondary N) is 1. The number of imidazole rings is 1. The number of likely N-dealkylation sites (N-methyl/N-ethyl adjacent to an activating group) is 1. The number of hydrogen-bond acceptors (Lipinski definition) is 8. The lowest BCUT2D eigenvalue weighted by molar-refractivity contribution is -0.133. The Morgan fingerprint density at radius 2 is 1.72 bits per heavy atom. The van der Waals surface area contributed by atoms with Crippen LogP contribution >= 0.6 is 11.6 Å². The molecule has 1 aliphatic heterocycles. The molecule has 4 aromatic rings. The van der Waals surface area contributed by atoms with Gasteiger partial charge in [0.25, 0.3) is 11.8 Å². The van der Waals surface area contributed by atoms with Crippen molar-refractivity contribution >= 4 is 35.0 Å². The van der Waals surface area contributed by atoms with Gasteiger partial charge in [0.15, 0.2) is 17.5 Å². The van der Waals surface area contributed by atoms with Crippen LogP contribution in [0.25, 0.3) is 22.4 Å². The van der Waals surface area contributed by atoms with Crippen molar-refractivity contribution in [3.8, 4) is 22.4 Å². The molecule has 5 rings (SSSR count). The van der Waals surface area contributed by atoms with Gasteiger partial charge in [0.2, 0.25) is 5.91 Å². The van der Waals surface area contributed by atoms with Crippen LogP contribution in [0.4, 0.5) is 14.5 Å². The van der Waals surface area contributed by atoms with Gasteiger partial charge in [-0.05, 0) is 58.1 Å². The minimum absolute atomic E-state index is 0.0621. The number of benzene rings is 2. The van der Waals surface area contributed by atoms with Crippen molar-refractivity contribution in [2.45, 2.75) is 38.8 Å². The average molecular weight is 755 g/mol. The third-order valence-electron chi connectivity index (χ3n) is 9.17. The highest BCUT2D eigenvalue weighted by Crippen LogP contribution is 2.33. The van der Waals surface area contributed by atoms with Crippen LogP contribution in [0.1, 0.15) is 45.9 Å². The van der Waals surface area contributed by atoms with Crippen LogP contribution in [-0.2, 0) is 23.1 Å². The first kappa shape index (κ1) is 39.5. The summed E-state index contributed by atoms with van der Waals surface area (Å²) in [6.07, 6.45) is 3.70. The van der Waals surface area contributed by atoms with Crippen molar-refractivity contribution in [1.29, 1.82) is 0 Å². The number of ether oxygens (including phenoxy) is 1. The van der Waals surface area contributed by atoms with Crippen LogP contribution in [-0.4, -0.2) is 123 Å². The Morgan fingerprint density at radius 1 is 1.04 bits per heavy atom. The van der Waals surface area contributed by atoms with E-state index in [0.717, 1.165) is 6.42 Å². The van der Waals surface area contributed by atoms with Crippen molar-refractivity contribution in [1.82, 2.24) is 34.0 Å². The normalized spacial score (nSPS) is 13.8. The maximum atomic E-state index is 15.6. The molecular weight excluding hydrogens is 710 g/mol. The summed E-state index contributed by atoms with van der Waals surface area (Å²) in [6, 6.07) is 7.42. The van der Waals surface area contributed by atoms with Crippen LogP contribution in [0, 0.1) is 18.6 Å². The number of aromatic nitrogens is 4. The maximum absolute atomic E-state index is 15.6. The molecule has 3 heterocycles. The van der Waals surface area contributed by atoms with Crippen LogP contribution < -0.4 is 5.32 Å². The van der Waals surface area contributed by atoms with Crippen molar-refractivity contribution < 1.29 is 33.0 Å². The highest BCUT2D eigenvalue weighted by atomic mass is 35.5. The summed E-state index contributed by atoms with van der Waals surface area (Å²) in [4.78, 5) is 48.5. The van der Waals surface area contributed by atoms with E-state index in [9.17, 15) is 19.5 Å². The van der Waals surface area contributed by atoms with Gasteiger partial charge in [0.05, 0.1) is 34.3 Å². The summed E-state index contributed by atoms with van der Waals surface area (Å²) in [7, 11) is 6.85. The molecule has 1 unspecified atom stereocenters. The van der Waals surface area contributed by atoms with Crippen LogP contribution in [0.2, 0.25) is 5.02 Å². The first-order chi connectivity index (χ1) is 25.3. The molecule has 0 spiro atoms. The van der Waals surface area contributed by atoms with Gasteiger partial charge in [-0.25, -0.2) is 13.8 Å². The van der Waals surface area contributed by atoms with E-state index in [2.05, 4.69) is 15.4 Å². The number of carbonyl (C=O) groups is 3. The summed E-state index contributed by atoms with van der Waals surface area (Å²) in [5.74, 6) is -3.18. The zero-order valence-corrected chi connectivity index (χ0v) is 31.3. The third-order valence-corrected chi connectivity index (χ3v) is 9.48. The van der Waals surface area contributed by atoms with E-state index in [1.807, 2.05) is 19.0 Å². The molecule has 284 valence electrons. The predicted molar refractivity (Wildman–Crippen MR) is 197 cm³/mol. The smallest absolute Gasteiger partial charge is 0.291 e. The van der Waals surface area contributed by atoms with Gasteiger partial charge in [0, 0.05) is 95.0 Å². The molecule has 2 aromatic heterocycles. The van der Waals surface area contributed by atoms with Gasteiger partial charge in [-0.1, -0.05) is 17.7 Å². The first-order valence-electron chi connectivity index (χ1n) is 17.3. The summed E-state index contributed by atoms with van der Waals surface area (Å²) in [6.45, 7) is 4.72. The second-order valence-corrected chi connectivity index (χ2v) is 13.7. The second-order valence-electron chi connectivity index (χ2n) is 13.3. The minimum Gasteiger partial charge on any atom is -0.392 e. The van der Waals surface area contributed by atoms with E-state index in [-0.39, 0.29) is 51.5 Å². The number of rotatable bonds is 14. The minimum atomic E-state index is -1.08. The molecule has 0 aliphatic carbocycles. The van der Waals surface area contributed by atoms with E-state index in [0.29, 0.717) is 69.2 Å². The number of aliphatic hydroxyl groups is 1. The quantitative estimate of drug-likeness (QED) is 0.180. The summed E-state index contributed by atoms with van der Waals surface area (Å²) in [5.41, 5.74) is 1.76. The average Bonchev–Trinajstić information content (AvgIpc) is 3.69. The van der Waals surface area contributed by atoms with E-state index in [1.54, 1.807) is 34.7 Å². The fourth-order valence-corrected chi connectivity index (χ4v) is 6.60. The van der Waals surface area contributed by atoms with Gasteiger partial charge in [-0.2, -0.15) is 5.10 Å². The van der Waals surface area contributed by atoms with Gasteiger partial charge >= 0.3 is 0 Å². The van der Waals surface area contributed by atoms with Gasteiger partial charge in [-0.3, -0.25) is 19.1 Å². The highest BCUT2D eigenvalue weighted by molar-refractivity contribution is 6.34. The van der Waals surface area contributed by atoms with Crippen molar-refractivity contribution in [2.24, 2.45) is 7.05 Å². The molecule has 1 aliphatic rings. The van der Waals surface area contributed by atoms with Crippen LogP contribution in [0.15, 0.2) is 42.7 Å². The van der Waals surface area contributed by atoms with Gasteiger partial charge in [0.1, 0.15) is 0 Å². The van der Waals surface area contributed by atoms with E-state index in [1.165, 1.54) is 48.1 Å². The Balaban J connectivity index is 1.20. The Kier molecular flexibility index (Phi) is 13.0. The Morgan fingerprint density at radius 3 is 2.40 bits per heavy atom. The molecule has 16 heteroatoms. The number of aliphatic hydroxyl groups excluding tert-OH is 1. The number of amides is 3. The second kappa shape index (κ2) is 17.4. The number of carbonyl (C=O) groups excluding carboxylic acids is 3. The van der Waals surface area contributed by atoms with E-state index < -0.39 is 23.6 Å². The lowest BCUT2D eigenvalue weighted by Crippen LogP contribution is -2.50. The van der Waals surface area contributed by atoms with E-state index >= 15 is 8.78 Å². The van der Waals surface area contributed by atoms with Gasteiger partial charge < -0.3 is 34.4 Å². The van der Waals surface area contributed by atoms with Crippen molar-refractivity contribution in [3.63, 3.8) is 0 Å². The Bertz CT molecular complexity index is 1960.